The summed E-state index contributed by atoms with van der Waals surface area (Å²) in [6, 6.07) is 9.86. The van der Waals surface area contributed by atoms with Gasteiger partial charge in [0.25, 0.3) is 0 Å². The molecule has 0 aliphatic carbocycles. The van der Waals surface area contributed by atoms with Gasteiger partial charge in [-0.25, -0.2) is 0 Å². The molecule has 2 N–H and O–H groups in total. The van der Waals surface area contributed by atoms with Gasteiger partial charge in [-0.2, -0.15) is 0 Å². The molecule has 1 aromatic carbocycles. The Bertz CT molecular complexity index is 714. The van der Waals surface area contributed by atoms with E-state index in [0.29, 0.717) is 12.3 Å². The van der Waals surface area contributed by atoms with Crippen LogP contribution in [0.4, 0.5) is 0 Å². The number of likely N-dealkylation sites (tertiary alicyclic amines) is 1. The summed E-state index contributed by atoms with van der Waals surface area (Å²) in [5, 5.41) is 6.78. The van der Waals surface area contributed by atoms with E-state index < -0.39 is 0 Å². The van der Waals surface area contributed by atoms with Crippen molar-refractivity contribution in [1.29, 1.82) is 0 Å². The van der Waals surface area contributed by atoms with Crippen molar-refractivity contribution in [3.05, 3.63) is 36.1 Å². The molecule has 2 heterocycles. The lowest BCUT2D eigenvalue weighted by Crippen LogP contribution is -2.47. The van der Waals surface area contributed by atoms with E-state index in [9.17, 15) is 9.59 Å². The minimum absolute atomic E-state index is 0.0104. The highest BCUT2D eigenvalue weighted by Crippen LogP contribution is 2.25. The van der Waals surface area contributed by atoms with Crippen molar-refractivity contribution in [3.63, 3.8) is 0 Å². The minimum Gasteiger partial charge on any atom is -0.460 e. The molecule has 1 unspecified atom stereocenters. The third-order valence-electron chi connectivity index (χ3n) is 4.84. The number of likely N-dealkylation sites (N-methyl/N-ethyl adjacent to an activating group) is 1. The predicted molar refractivity (Wildman–Crippen MR) is 96.3 cm³/mol. The molecule has 1 aliphatic heterocycles. The third-order valence-corrected chi connectivity index (χ3v) is 4.84. The van der Waals surface area contributed by atoms with Crippen molar-refractivity contribution in [2.75, 3.05) is 26.7 Å². The van der Waals surface area contributed by atoms with Gasteiger partial charge >= 0.3 is 0 Å². The maximum absolute atomic E-state index is 12.5. The second-order valence-electron chi connectivity index (χ2n) is 6.64. The maximum atomic E-state index is 12.5. The van der Waals surface area contributed by atoms with Gasteiger partial charge in [-0.15, -0.1) is 0 Å². The smallest absolute Gasteiger partial charge is 0.233 e. The molecule has 25 heavy (non-hydrogen) atoms. The fourth-order valence-electron chi connectivity index (χ4n) is 3.19. The SMILES string of the molecule is CNC(=O)CN1CCC(NC(=O)C(C)c2cc3ccccc3o2)CC1. The van der Waals surface area contributed by atoms with E-state index in [0.717, 1.165) is 36.9 Å². The highest BCUT2D eigenvalue weighted by Gasteiger charge is 2.25. The largest absolute Gasteiger partial charge is 0.460 e. The van der Waals surface area contributed by atoms with Crippen LogP contribution < -0.4 is 10.6 Å². The first-order chi connectivity index (χ1) is 12.1. The molecule has 6 heteroatoms. The maximum Gasteiger partial charge on any atom is 0.233 e. The number of fused-ring (bicyclic) bond motifs is 1. The Labute approximate surface area is 147 Å². The van der Waals surface area contributed by atoms with Gasteiger partial charge in [0.2, 0.25) is 11.8 Å². The van der Waals surface area contributed by atoms with Crippen molar-refractivity contribution in [3.8, 4) is 0 Å². The van der Waals surface area contributed by atoms with E-state index in [1.54, 1.807) is 7.05 Å². The number of carbonyl (C=O) groups excluding carboxylic acids is 2. The number of nitrogens with zero attached hydrogens (tertiary/aromatic N) is 1. The number of hydrogen-bond acceptors (Lipinski definition) is 4. The lowest BCUT2D eigenvalue weighted by Gasteiger charge is -2.32. The number of hydrogen-bond donors (Lipinski definition) is 2. The topological polar surface area (TPSA) is 74.6 Å². The van der Waals surface area contributed by atoms with Gasteiger partial charge in [0.15, 0.2) is 0 Å². The predicted octanol–water partition coefficient (Wildman–Crippen LogP) is 1.86. The van der Waals surface area contributed by atoms with E-state index in [2.05, 4.69) is 15.5 Å². The van der Waals surface area contributed by atoms with Gasteiger partial charge in [0.05, 0.1) is 12.5 Å². The highest BCUT2D eigenvalue weighted by molar-refractivity contribution is 5.85. The Morgan fingerprint density at radius 3 is 2.68 bits per heavy atom. The molecule has 2 amide bonds. The molecule has 1 aliphatic rings. The van der Waals surface area contributed by atoms with Crippen LogP contribution in [0.5, 0.6) is 0 Å². The molecule has 0 bridgehead atoms. The van der Waals surface area contributed by atoms with Crippen LogP contribution in [0, 0.1) is 0 Å². The minimum atomic E-state index is -0.323. The van der Waals surface area contributed by atoms with Crippen molar-refractivity contribution in [2.45, 2.75) is 31.7 Å². The molecule has 1 saturated heterocycles. The Morgan fingerprint density at radius 1 is 1.28 bits per heavy atom. The summed E-state index contributed by atoms with van der Waals surface area (Å²) in [7, 11) is 1.65. The highest BCUT2D eigenvalue weighted by atomic mass is 16.3. The Hall–Kier alpha value is -2.34. The van der Waals surface area contributed by atoms with Crippen LogP contribution in [0.1, 0.15) is 31.4 Å². The summed E-state index contributed by atoms with van der Waals surface area (Å²) >= 11 is 0. The molecule has 2 aromatic rings. The lowest BCUT2D eigenvalue weighted by molar-refractivity contribution is -0.124. The Balaban J connectivity index is 1.53. The van der Waals surface area contributed by atoms with E-state index >= 15 is 0 Å². The number of rotatable bonds is 5. The molecular formula is C19H25N3O3. The fraction of sp³-hybridized carbons (Fsp3) is 0.474. The van der Waals surface area contributed by atoms with Crippen LogP contribution in [0.2, 0.25) is 0 Å². The number of benzene rings is 1. The lowest BCUT2D eigenvalue weighted by atomic mass is 10.0. The number of carbonyl (C=O) groups is 2. The van der Waals surface area contributed by atoms with Gasteiger partial charge in [0.1, 0.15) is 11.3 Å². The summed E-state index contributed by atoms with van der Waals surface area (Å²) in [5.41, 5.74) is 0.805. The number of piperidine rings is 1. The van der Waals surface area contributed by atoms with E-state index in [1.807, 2.05) is 37.3 Å². The molecule has 0 spiro atoms. The molecular weight excluding hydrogens is 318 g/mol. The third kappa shape index (κ3) is 4.20. The summed E-state index contributed by atoms with van der Waals surface area (Å²) in [4.78, 5) is 26.1. The zero-order chi connectivity index (χ0) is 17.8. The van der Waals surface area contributed by atoms with Gasteiger partial charge in [-0.1, -0.05) is 18.2 Å². The Morgan fingerprint density at radius 2 is 2.00 bits per heavy atom. The van der Waals surface area contributed by atoms with Crippen LogP contribution in [-0.2, 0) is 9.59 Å². The van der Waals surface area contributed by atoms with Crippen molar-refractivity contribution in [2.24, 2.45) is 0 Å². The van der Waals surface area contributed by atoms with Crippen LogP contribution in [0.15, 0.2) is 34.7 Å². The van der Waals surface area contributed by atoms with Gasteiger partial charge in [0, 0.05) is 31.6 Å². The van der Waals surface area contributed by atoms with Crippen LogP contribution in [0.25, 0.3) is 11.0 Å². The first-order valence-electron chi connectivity index (χ1n) is 8.78. The first kappa shape index (κ1) is 17.5. The van der Waals surface area contributed by atoms with Crippen molar-refractivity contribution < 1.29 is 14.0 Å². The van der Waals surface area contributed by atoms with Gasteiger partial charge < -0.3 is 15.1 Å². The average Bonchev–Trinajstić information content (AvgIpc) is 3.06. The number of nitrogens with one attached hydrogen (secondary N) is 2. The van der Waals surface area contributed by atoms with E-state index in [4.69, 9.17) is 4.42 Å². The second-order valence-corrected chi connectivity index (χ2v) is 6.64. The first-order valence-corrected chi connectivity index (χ1v) is 8.78. The molecule has 1 atom stereocenters. The van der Waals surface area contributed by atoms with Gasteiger partial charge in [-0.05, 0) is 31.9 Å². The number of furan rings is 1. The number of para-hydroxylation sites is 1. The summed E-state index contributed by atoms with van der Waals surface area (Å²) in [6.45, 7) is 3.93. The van der Waals surface area contributed by atoms with Gasteiger partial charge in [-0.3, -0.25) is 14.5 Å². The monoisotopic (exact) mass is 343 g/mol. The van der Waals surface area contributed by atoms with Crippen LogP contribution in [-0.4, -0.2) is 49.4 Å². The zero-order valence-electron chi connectivity index (χ0n) is 14.7. The summed E-state index contributed by atoms with van der Waals surface area (Å²) < 4.78 is 5.80. The standard InChI is InChI=1S/C19H25N3O3/c1-13(17-11-14-5-3-4-6-16(14)25-17)19(24)21-15-7-9-22(10-8-15)12-18(23)20-2/h3-6,11,13,15H,7-10,12H2,1-2H3,(H,20,23)(H,21,24). The molecule has 0 saturated carbocycles. The molecule has 1 fully saturated rings. The Kier molecular flexibility index (Phi) is 5.38. The van der Waals surface area contributed by atoms with Crippen LogP contribution in [0.3, 0.4) is 0 Å². The second kappa shape index (κ2) is 7.70. The average molecular weight is 343 g/mol. The molecule has 1 aromatic heterocycles. The molecule has 3 rings (SSSR count). The van der Waals surface area contributed by atoms with E-state index in [-0.39, 0.29) is 23.8 Å². The van der Waals surface area contributed by atoms with Crippen LogP contribution >= 0.6 is 0 Å². The zero-order valence-corrected chi connectivity index (χ0v) is 14.7. The quantitative estimate of drug-likeness (QED) is 0.869. The molecule has 0 radical (unpaired) electrons. The normalized spacial score (nSPS) is 17.4. The number of amides is 2. The summed E-state index contributed by atoms with van der Waals surface area (Å²) in [6.07, 6.45) is 1.71. The summed E-state index contributed by atoms with van der Waals surface area (Å²) in [5.74, 6) is 0.386. The molecule has 6 nitrogen and oxygen atoms in total. The van der Waals surface area contributed by atoms with E-state index in [1.165, 1.54) is 0 Å². The van der Waals surface area contributed by atoms with Crippen molar-refractivity contribution in [1.82, 2.24) is 15.5 Å². The fourth-order valence-corrected chi connectivity index (χ4v) is 3.19. The molecule has 134 valence electrons. The van der Waals surface area contributed by atoms with Crippen molar-refractivity contribution >= 4 is 22.8 Å².